The van der Waals surface area contributed by atoms with Crippen LogP contribution in [0.1, 0.15) is 22.3 Å². The number of carboxylic acids is 1. The van der Waals surface area contributed by atoms with Gasteiger partial charge in [-0.25, -0.2) is 4.79 Å². The van der Waals surface area contributed by atoms with E-state index in [0.29, 0.717) is 11.1 Å². The minimum Gasteiger partial charge on any atom is -0.507 e. The summed E-state index contributed by atoms with van der Waals surface area (Å²) in [5.41, 5.74) is 3.22. The van der Waals surface area contributed by atoms with E-state index in [1.807, 2.05) is 32.0 Å². The van der Waals surface area contributed by atoms with Crippen LogP contribution in [0, 0.1) is 13.8 Å². The van der Waals surface area contributed by atoms with Crippen LogP contribution in [0.5, 0.6) is 5.75 Å². The third-order valence-corrected chi connectivity index (χ3v) is 3.15. The highest BCUT2D eigenvalue weighted by molar-refractivity contribution is 6.21. The van der Waals surface area contributed by atoms with Crippen LogP contribution < -0.4 is 0 Å². The Bertz CT molecular complexity index is 684. The van der Waals surface area contributed by atoms with Crippen LogP contribution in [0.2, 0.25) is 0 Å². The maximum absolute atomic E-state index is 11.5. The number of carboxylic acid groups (broad SMARTS) is 1. The van der Waals surface area contributed by atoms with Gasteiger partial charge in [0.05, 0.1) is 5.57 Å². The van der Waals surface area contributed by atoms with Crippen molar-refractivity contribution >= 4 is 17.6 Å². The first-order valence-electron chi connectivity index (χ1n) is 6.29. The molecule has 0 heterocycles. The van der Waals surface area contributed by atoms with Crippen LogP contribution in [0.4, 0.5) is 0 Å². The lowest BCUT2D eigenvalue weighted by molar-refractivity contribution is -0.130. The van der Waals surface area contributed by atoms with Gasteiger partial charge in [0.2, 0.25) is 0 Å². The van der Waals surface area contributed by atoms with Gasteiger partial charge in [0.1, 0.15) is 5.75 Å². The number of benzene rings is 2. The predicted octanol–water partition coefficient (Wildman–Crippen LogP) is 3.63. The van der Waals surface area contributed by atoms with Gasteiger partial charge in [-0.3, -0.25) is 0 Å². The van der Waals surface area contributed by atoms with Gasteiger partial charge in [-0.05, 0) is 37.1 Å². The molecule has 0 aliphatic rings. The summed E-state index contributed by atoms with van der Waals surface area (Å²) < 4.78 is 0. The molecule has 2 rings (SSSR count). The molecular weight excluding hydrogens is 252 g/mol. The van der Waals surface area contributed by atoms with E-state index in [1.54, 1.807) is 18.2 Å². The summed E-state index contributed by atoms with van der Waals surface area (Å²) in [6.45, 7) is 3.79. The Morgan fingerprint density at radius 1 is 1.10 bits per heavy atom. The minimum atomic E-state index is -1.01. The van der Waals surface area contributed by atoms with Crippen molar-refractivity contribution in [1.29, 1.82) is 0 Å². The van der Waals surface area contributed by atoms with Crippen molar-refractivity contribution in [1.82, 2.24) is 0 Å². The smallest absolute Gasteiger partial charge is 0.336 e. The molecule has 0 spiro atoms. The molecule has 0 atom stereocenters. The molecular formula is C17H16O3. The normalized spacial score (nSPS) is 11.4. The number of aryl methyl sites for hydroxylation is 2. The van der Waals surface area contributed by atoms with Crippen molar-refractivity contribution < 1.29 is 15.0 Å². The number of rotatable bonds is 3. The predicted molar refractivity (Wildman–Crippen MR) is 79.5 cm³/mol. The lowest BCUT2D eigenvalue weighted by Gasteiger charge is -2.09. The number of hydrogen-bond acceptors (Lipinski definition) is 2. The van der Waals surface area contributed by atoms with Crippen molar-refractivity contribution in [3.63, 3.8) is 0 Å². The van der Waals surface area contributed by atoms with Gasteiger partial charge in [-0.1, -0.05) is 42.0 Å². The molecule has 0 amide bonds. The standard InChI is InChI=1S/C17H16O3/c1-11-7-8-12(2)14(9-11)15(17(19)20)10-13-5-3-4-6-16(13)18/h3-10,18H,1-2H3,(H,19,20)/b15-10-. The molecule has 0 bridgehead atoms. The second kappa shape index (κ2) is 5.61. The summed E-state index contributed by atoms with van der Waals surface area (Å²) in [6.07, 6.45) is 1.50. The van der Waals surface area contributed by atoms with Crippen LogP contribution in [-0.2, 0) is 4.79 Å². The maximum atomic E-state index is 11.5. The quantitative estimate of drug-likeness (QED) is 0.660. The first-order chi connectivity index (χ1) is 9.49. The highest BCUT2D eigenvalue weighted by Gasteiger charge is 2.14. The van der Waals surface area contributed by atoms with Gasteiger partial charge in [0, 0.05) is 5.56 Å². The highest BCUT2D eigenvalue weighted by atomic mass is 16.4. The van der Waals surface area contributed by atoms with E-state index in [2.05, 4.69) is 0 Å². The summed E-state index contributed by atoms with van der Waals surface area (Å²) in [5.74, 6) is -0.946. The van der Waals surface area contributed by atoms with Crippen molar-refractivity contribution in [3.8, 4) is 5.75 Å². The molecule has 3 nitrogen and oxygen atoms in total. The third-order valence-electron chi connectivity index (χ3n) is 3.15. The maximum Gasteiger partial charge on any atom is 0.336 e. The third kappa shape index (κ3) is 2.88. The molecule has 0 saturated carbocycles. The summed E-state index contributed by atoms with van der Waals surface area (Å²) in [4.78, 5) is 11.5. The fourth-order valence-corrected chi connectivity index (χ4v) is 2.05. The second-order valence-electron chi connectivity index (χ2n) is 4.74. The number of phenols is 1. The zero-order valence-corrected chi connectivity index (χ0v) is 11.4. The molecule has 102 valence electrons. The van der Waals surface area contributed by atoms with Gasteiger partial charge in [0.15, 0.2) is 0 Å². The zero-order chi connectivity index (χ0) is 14.7. The molecule has 0 aliphatic heterocycles. The van der Waals surface area contributed by atoms with Crippen molar-refractivity contribution in [2.45, 2.75) is 13.8 Å². The molecule has 0 saturated heterocycles. The molecule has 0 unspecified atom stereocenters. The van der Waals surface area contributed by atoms with Gasteiger partial charge in [-0.15, -0.1) is 0 Å². The second-order valence-corrected chi connectivity index (χ2v) is 4.74. The Kier molecular flexibility index (Phi) is 3.89. The van der Waals surface area contributed by atoms with E-state index in [1.165, 1.54) is 12.1 Å². The van der Waals surface area contributed by atoms with Crippen LogP contribution >= 0.6 is 0 Å². The van der Waals surface area contributed by atoms with Crippen molar-refractivity contribution in [2.75, 3.05) is 0 Å². The first kappa shape index (κ1) is 13.9. The first-order valence-corrected chi connectivity index (χ1v) is 6.29. The fraction of sp³-hybridized carbons (Fsp3) is 0.118. The molecule has 2 aromatic carbocycles. The average molecular weight is 268 g/mol. The molecule has 0 aliphatic carbocycles. The molecule has 0 radical (unpaired) electrons. The Morgan fingerprint density at radius 3 is 2.45 bits per heavy atom. The van der Waals surface area contributed by atoms with Crippen LogP contribution in [0.25, 0.3) is 11.6 Å². The summed E-state index contributed by atoms with van der Waals surface area (Å²) in [6, 6.07) is 12.4. The number of aromatic hydroxyl groups is 1. The largest absolute Gasteiger partial charge is 0.507 e. The number of carbonyl (C=O) groups is 1. The van der Waals surface area contributed by atoms with Gasteiger partial charge in [-0.2, -0.15) is 0 Å². The van der Waals surface area contributed by atoms with E-state index in [4.69, 9.17) is 0 Å². The van der Waals surface area contributed by atoms with E-state index < -0.39 is 5.97 Å². The van der Waals surface area contributed by atoms with E-state index in [-0.39, 0.29) is 11.3 Å². The van der Waals surface area contributed by atoms with Crippen molar-refractivity contribution in [3.05, 3.63) is 64.7 Å². The van der Waals surface area contributed by atoms with Gasteiger partial charge >= 0.3 is 5.97 Å². The number of phenolic OH excluding ortho intramolecular Hbond substituents is 1. The van der Waals surface area contributed by atoms with Gasteiger partial charge in [0.25, 0.3) is 0 Å². The lowest BCUT2D eigenvalue weighted by atomic mass is 9.96. The summed E-state index contributed by atoms with van der Waals surface area (Å²) >= 11 is 0. The fourth-order valence-electron chi connectivity index (χ4n) is 2.05. The Morgan fingerprint density at radius 2 is 1.80 bits per heavy atom. The van der Waals surface area contributed by atoms with Crippen LogP contribution in [0.3, 0.4) is 0 Å². The monoisotopic (exact) mass is 268 g/mol. The Balaban J connectivity index is 2.61. The number of hydrogen-bond donors (Lipinski definition) is 2. The zero-order valence-electron chi connectivity index (χ0n) is 11.4. The topological polar surface area (TPSA) is 57.5 Å². The van der Waals surface area contributed by atoms with Gasteiger partial charge < -0.3 is 10.2 Å². The molecule has 2 N–H and O–H groups in total. The number of para-hydroxylation sites is 1. The molecule has 0 aromatic heterocycles. The highest BCUT2D eigenvalue weighted by Crippen LogP contribution is 2.26. The number of aliphatic carboxylic acids is 1. The van der Waals surface area contributed by atoms with Crippen LogP contribution in [-0.4, -0.2) is 16.2 Å². The van der Waals surface area contributed by atoms with E-state index in [9.17, 15) is 15.0 Å². The van der Waals surface area contributed by atoms with Crippen LogP contribution in [0.15, 0.2) is 42.5 Å². The Labute approximate surface area is 117 Å². The Hall–Kier alpha value is -2.55. The summed E-state index contributed by atoms with van der Waals surface area (Å²) in [5, 5.41) is 19.2. The molecule has 2 aromatic rings. The molecule has 20 heavy (non-hydrogen) atoms. The molecule has 3 heteroatoms. The average Bonchev–Trinajstić information content (AvgIpc) is 2.40. The SMILES string of the molecule is Cc1ccc(C)c(/C(=C/c2ccccc2O)C(=O)O)c1. The lowest BCUT2D eigenvalue weighted by Crippen LogP contribution is -2.02. The molecule has 0 fully saturated rings. The van der Waals surface area contributed by atoms with E-state index in [0.717, 1.165) is 11.1 Å². The van der Waals surface area contributed by atoms with Crippen molar-refractivity contribution in [2.24, 2.45) is 0 Å². The summed E-state index contributed by atoms with van der Waals surface area (Å²) in [7, 11) is 0. The minimum absolute atomic E-state index is 0.0663. The van der Waals surface area contributed by atoms with E-state index >= 15 is 0 Å².